The van der Waals surface area contributed by atoms with Gasteiger partial charge in [0, 0.05) is 24.2 Å². The van der Waals surface area contributed by atoms with E-state index in [1.165, 1.54) is 24.3 Å². The molecular weight excluding hydrogens is 346 g/mol. The average Bonchev–Trinajstić information content (AvgIpc) is 2.49. The topological polar surface area (TPSA) is 148 Å². The summed E-state index contributed by atoms with van der Waals surface area (Å²) in [6.07, 6.45) is -1.21. The van der Waals surface area contributed by atoms with E-state index in [4.69, 9.17) is 9.84 Å². The van der Waals surface area contributed by atoms with E-state index in [1.54, 1.807) is 20.8 Å². The Balaban J connectivity index is 2.55. The van der Waals surface area contributed by atoms with Gasteiger partial charge in [0.2, 0.25) is 5.91 Å². The number of nitro groups is 1. The minimum Gasteiger partial charge on any atom is -0.480 e. The van der Waals surface area contributed by atoms with E-state index in [0.717, 1.165) is 0 Å². The molecular formula is C16H21N3O7. The first kappa shape index (κ1) is 20.9. The molecule has 0 fully saturated rings. The van der Waals surface area contributed by atoms with E-state index >= 15 is 0 Å². The van der Waals surface area contributed by atoms with Crippen molar-refractivity contribution in [2.45, 2.75) is 45.3 Å². The number of nitrogens with zero attached hydrogens (tertiary/aromatic N) is 1. The molecule has 0 spiro atoms. The zero-order chi connectivity index (χ0) is 19.9. The number of amides is 2. The summed E-state index contributed by atoms with van der Waals surface area (Å²) in [7, 11) is 0. The lowest BCUT2D eigenvalue weighted by molar-refractivity contribution is -0.384. The largest absolute Gasteiger partial charge is 0.480 e. The number of anilines is 1. The Kier molecular flexibility index (Phi) is 7.06. The van der Waals surface area contributed by atoms with Crippen molar-refractivity contribution < 1.29 is 29.2 Å². The minimum absolute atomic E-state index is 0.115. The van der Waals surface area contributed by atoms with Crippen LogP contribution >= 0.6 is 0 Å². The summed E-state index contributed by atoms with van der Waals surface area (Å²) in [4.78, 5) is 44.7. The molecule has 0 unspecified atom stereocenters. The van der Waals surface area contributed by atoms with Crippen LogP contribution in [0.15, 0.2) is 24.3 Å². The maximum absolute atomic E-state index is 11.9. The molecule has 26 heavy (non-hydrogen) atoms. The molecule has 0 aliphatic rings. The third kappa shape index (κ3) is 7.60. The van der Waals surface area contributed by atoms with E-state index < -0.39 is 34.5 Å². The van der Waals surface area contributed by atoms with Gasteiger partial charge >= 0.3 is 12.1 Å². The molecule has 1 aromatic carbocycles. The van der Waals surface area contributed by atoms with Crippen molar-refractivity contribution in [2.75, 3.05) is 5.32 Å². The fourth-order valence-electron chi connectivity index (χ4n) is 1.87. The van der Waals surface area contributed by atoms with Gasteiger partial charge in [0.1, 0.15) is 11.6 Å². The van der Waals surface area contributed by atoms with E-state index in [0.29, 0.717) is 5.69 Å². The number of non-ortho nitro benzene ring substituents is 1. The molecule has 2 amide bonds. The molecule has 0 saturated carbocycles. The summed E-state index contributed by atoms with van der Waals surface area (Å²) in [6.45, 7) is 4.92. The normalized spacial score (nSPS) is 12.0. The SMILES string of the molecule is CC(C)(C)OC(=O)N[C@@H](CCC(=O)Nc1ccc([N+](=O)[O-])cc1)C(=O)O. The summed E-state index contributed by atoms with van der Waals surface area (Å²) in [5, 5.41) is 24.4. The van der Waals surface area contributed by atoms with Gasteiger partial charge < -0.3 is 20.5 Å². The lowest BCUT2D eigenvalue weighted by Gasteiger charge is -2.21. The summed E-state index contributed by atoms with van der Waals surface area (Å²) >= 11 is 0. The number of alkyl carbamates (subject to hydrolysis) is 1. The Labute approximate surface area is 149 Å². The lowest BCUT2D eigenvalue weighted by atomic mass is 10.1. The quantitative estimate of drug-likeness (QED) is 0.494. The molecule has 10 nitrogen and oxygen atoms in total. The number of rotatable bonds is 7. The van der Waals surface area contributed by atoms with Crippen LogP contribution in [-0.2, 0) is 14.3 Å². The molecule has 0 saturated heterocycles. The fourth-order valence-corrected chi connectivity index (χ4v) is 1.87. The molecule has 0 aliphatic heterocycles. The number of hydrogen-bond acceptors (Lipinski definition) is 6. The smallest absolute Gasteiger partial charge is 0.408 e. The van der Waals surface area contributed by atoms with Crippen molar-refractivity contribution in [3.05, 3.63) is 34.4 Å². The number of carbonyl (C=O) groups is 3. The molecule has 1 rings (SSSR count). The van der Waals surface area contributed by atoms with Crippen molar-refractivity contribution >= 4 is 29.3 Å². The molecule has 0 heterocycles. The van der Waals surface area contributed by atoms with E-state index in [2.05, 4.69) is 10.6 Å². The predicted molar refractivity (Wildman–Crippen MR) is 91.8 cm³/mol. The molecule has 0 bridgehead atoms. The molecule has 1 atom stereocenters. The monoisotopic (exact) mass is 367 g/mol. The van der Waals surface area contributed by atoms with Gasteiger partial charge in [-0.25, -0.2) is 9.59 Å². The van der Waals surface area contributed by atoms with Gasteiger partial charge in [-0.15, -0.1) is 0 Å². The maximum atomic E-state index is 11.9. The Morgan fingerprint density at radius 1 is 1.23 bits per heavy atom. The van der Waals surface area contributed by atoms with Gasteiger partial charge in [-0.1, -0.05) is 0 Å². The summed E-state index contributed by atoms with van der Waals surface area (Å²) < 4.78 is 4.98. The molecule has 10 heteroatoms. The molecule has 0 aliphatic carbocycles. The number of hydrogen-bond donors (Lipinski definition) is 3. The van der Waals surface area contributed by atoms with Gasteiger partial charge in [-0.05, 0) is 39.3 Å². The maximum Gasteiger partial charge on any atom is 0.408 e. The number of nitro benzene ring substituents is 1. The molecule has 3 N–H and O–H groups in total. The highest BCUT2D eigenvalue weighted by Gasteiger charge is 2.24. The summed E-state index contributed by atoms with van der Waals surface area (Å²) in [5.41, 5.74) is -0.552. The highest BCUT2D eigenvalue weighted by Crippen LogP contribution is 2.16. The van der Waals surface area contributed by atoms with Gasteiger partial charge in [0.15, 0.2) is 0 Å². The van der Waals surface area contributed by atoms with Crippen LogP contribution in [0.5, 0.6) is 0 Å². The number of carboxylic acid groups (broad SMARTS) is 1. The van der Waals surface area contributed by atoms with Crippen molar-refractivity contribution in [3.63, 3.8) is 0 Å². The van der Waals surface area contributed by atoms with Crippen LogP contribution in [0.1, 0.15) is 33.6 Å². The first-order chi connectivity index (χ1) is 12.0. The zero-order valence-electron chi connectivity index (χ0n) is 14.6. The summed E-state index contributed by atoms with van der Waals surface area (Å²) in [6, 6.07) is 3.92. The Bertz CT molecular complexity index is 680. The van der Waals surface area contributed by atoms with Crippen LogP contribution in [0.2, 0.25) is 0 Å². The second kappa shape index (κ2) is 8.79. The van der Waals surface area contributed by atoms with Crippen LogP contribution in [-0.4, -0.2) is 39.6 Å². The van der Waals surface area contributed by atoms with E-state index in [-0.39, 0.29) is 18.5 Å². The van der Waals surface area contributed by atoms with Gasteiger partial charge in [-0.3, -0.25) is 14.9 Å². The van der Waals surface area contributed by atoms with Crippen LogP contribution < -0.4 is 10.6 Å². The first-order valence-electron chi connectivity index (χ1n) is 7.74. The van der Waals surface area contributed by atoms with Crippen LogP contribution in [0.3, 0.4) is 0 Å². The summed E-state index contributed by atoms with van der Waals surface area (Å²) in [5.74, 6) is -1.78. The van der Waals surface area contributed by atoms with Crippen LogP contribution in [0, 0.1) is 10.1 Å². The van der Waals surface area contributed by atoms with Crippen LogP contribution in [0.4, 0.5) is 16.2 Å². The Morgan fingerprint density at radius 2 is 1.81 bits per heavy atom. The number of carbonyl (C=O) groups excluding carboxylic acids is 2. The molecule has 0 radical (unpaired) electrons. The van der Waals surface area contributed by atoms with Gasteiger partial charge in [0.25, 0.3) is 5.69 Å². The van der Waals surface area contributed by atoms with E-state index in [9.17, 15) is 24.5 Å². The highest BCUT2D eigenvalue weighted by molar-refractivity contribution is 5.91. The molecule has 142 valence electrons. The first-order valence-corrected chi connectivity index (χ1v) is 7.74. The number of nitrogens with one attached hydrogen (secondary N) is 2. The average molecular weight is 367 g/mol. The van der Waals surface area contributed by atoms with Crippen molar-refractivity contribution in [2.24, 2.45) is 0 Å². The van der Waals surface area contributed by atoms with Crippen molar-refractivity contribution in [1.29, 1.82) is 0 Å². The Morgan fingerprint density at radius 3 is 2.27 bits per heavy atom. The lowest BCUT2D eigenvalue weighted by Crippen LogP contribution is -2.43. The molecule has 0 aromatic heterocycles. The number of aliphatic carboxylic acids is 1. The number of ether oxygens (including phenoxy) is 1. The third-order valence-corrected chi connectivity index (χ3v) is 3.01. The number of carboxylic acids is 1. The zero-order valence-corrected chi connectivity index (χ0v) is 14.6. The van der Waals surface area contributed by atoms with Crippen molar-refractivity contribution in [3.8, 4) is 0 Å². The number of benzene rings is 1. The Hall–Kier alpha value is -3.17. The van der Waals surface area contributed by atoms with Crippen LogP contribution in [0.25, 0.3) is 0 Å². The van der Waals surface area contributed by atoms with E-state index in [1.807, 2.05) is 0 Å². The van der Waals surface area contributed by atoms with Gasteiger partial charge in [0.05, 0.1) is 4.92 Å². The second-order valence-electron chi connectivity index (χ2n) is 6.43. The fraction of sp³-hybridized carbons (Fsp3) is 0.438. The standard InChI is InChI=1S/C16H21N3O7/c1-16(2,3)26-15(23)18-12(14(21)22)8-9-13(20)17-10-4-6-11(7-5-10)19(24)25/h4-7,12H,8-9H2,1-3H3,(H,17,20)(H,18,23)(H,21,22)/t12-/m0/s1. The second-order valence-corrected chi connectivity index (χ2v) is 6.43. The predicted octanol–water partition coefficient (Wildman–Crippen LogP) is 2.29. The van der Waals surface area contributed by atoms with Gasteiger partial charge in [-0.2, -0.15) is 0 Å². The third-order valence-electron chi connectivity index (χ3n) is 3.01. The highest BCUT2D eigenvalue weighted by atomic mass is 16.6. The van der Waals surface area contributed by atoms with Crippen molar-refractivity contribution in [1.82, 2.24) is 5.32 Å². The minimum atomic E-state index is -1.29. The molecule has 1 aromatic rings.